The highest BCUT2D eigenvalue weighted by atomic mass is 79.9. The van der Waals surface area contributed by atoms with Crippen LogP contribution in [0.5, 0.6) is 0 Å². The summed E-state index contributed by atoms with van der Waals surface area (Å²) in [6.45, 7) is 0.852. The van der Waals surface area contributed by atoms with Crippen molar-refractivity contribution in [2.75, 3.05) is 16.8 Å². The highest BCUT2D eigenvalue weighted by molar-refractivity contribution is 9.10. The summed E-state index contributed by atoms with van der Waals surface area (Å²) in [5.74, 6) is 0.271. The van der Waals surface area contributed by atoms with E-state index in [4.69, 9.17) is 4.98 Å². The molecule has 0 atom stereocenters. The molecule has 2 N–H and O–H groups in total. The van der Waals surface area contributed by atoms with Crippen LogP contribution in [0, 0.1) is 5.82 Å². The second-order valence-electron chi connectivity index (χ2n) is 7.07. The summed E-state index contributed by atoms with van der Waals surface area (Å²) < 4.78 is 14.2. The first-order valence-electron chi connectivity index (χ1n) is 9.93. The van der Waals surface area contributed by atoms with Gasteiger partial charge in [-0.3, -0.25) is 14.9 Å². The van der Waals surface area contributed by atoms with Crippen molar-refractivity contribution in [2.45, 2.75) is 13.0 Å². The van der Waals surface area contributed by atoms with E-state index >= 15 is 0 Å². The van der Waals surface area contributed by atoms with E-state index in [1.807, 2.05) is 24.3 Å². The van der Waals surface area contributed by atoms with E-state index in [9.17, 15) is 9.18 Å². The van der Waals surface area contributed by atoms with Crippen LogP contribution in [0.3, 0.4) is 0 Å². The Hall–Kier alpha value is -3.59. The zero-order chi connectivity index (χ0) is 22.3. The van der Waals surface area contributed by atoms with E-state index < -0.39 is 0 Å². The number of benzene rings is 1. The first kappa shape index (κ1) is 21.6. The van der Waals surface area contributed by atoms with Crippen molar-refractivity contribution in [1.29, 1.82) is 0 Å². The molecule has 7 nitrogen and oxygen atoms in total. The van der Waals surface area contributed by atoms with E-state index in [1.165, 1.54) is 12.1 Å². The number of anilines is 2. The van der Waals surface area contributed by atoms with Gasteiger partial charge in [-0.25, -0.2) is 9.37 Å². The van der Waals surface area contributed by atoms with Crippen molar-refractivity contribution in [3.8, 4) is 11.3 Å². The van der Waals surface area contributed by atoms with Crippen LogP contribution in [0.15, 0.2) is 71.7 Å². The number of hydrogen-bond donors (Lipinski definition) is 2. The summed E-state index contributed by atoms with van der Waals surface area (Å²) in [6, 6.07) is 12.1. The molecule has 4 rings (SSSR count). The van der Waals surface area contributed by atoms with Gasteiger partial charge in [-0.2, -0.15) is 5.10 Å². The number of hydrogen-bond acceptors (Lipinski definition) is 5. The number of rotatable bonds is 9. The maximum absolute atomic E-state index is 13.5. The molecule has 1 aromatic carbocycles. The van der Waals surface area contributed by atoms with Crippen LogP contribution in [-0.4, -0.2) is 33.1 Å². The predicted octanol–water partition coefficient (Wildman–Crippen LogP) is 4.59. The van der Waals surface area contributed by atoms with Crippen LogP contribution in [0.2, 0.25) is 0 Å². The lowest BCUT2D eigenvalue weighted by Crippen LogP contribution is -2.23. The summed E-state index contributed by atoms with van der Waals surface area (Å²) in [5.41, 5.74) is 3.86. The van der Waals surface area contributed by atoms with Gasteiger partial charge in [-0.1, -0.05) is 18.2 Å². The molecule has 0 aliphatic carbocycles. The third kappa shape index (κ3) is 5.17. The van der Waals surface area contributed by atoms with Crippen LogP contribution >= 0.6 is 15.9 Å². The van der Waals surface area contributed by atoms with Crippen LogP contribution < -0.4 is 10.2 Å². The van der Waals surface area contributed by atoms with Crippen LogP contribution in [0.1, 0.15) is 11.1 Å². The Morgan fingerprint density at radius 3 is 2.75 bits per heavy atom. The van der Waals surface area contributed by atoms with E-state index in [0.29, 0.717) is 36.7 Å². The van der Waals surface area contributed by atoms with Gasteiger partial charge in [0.15, 0.2) is 5.82 Å². The van der Waals surface area contributed by atoms with Gasteiger partial charge in [-0.15, -0.1) is 0 Å². The number of nitrogens with zero attached hydrogens (tertiary/aromatic N) is 4. The smallest absolute Gasteiger partial charge is 0.214 e. The Kier molecular flexibility index (Phi) is 6.86. The number of H-pyrrole nitrogens is 1. The van der Waals surface area contributed by atoms with Crippen LogP contribution in [0.25, 0.3) is 11.3 Å². The summed E-state index contributed by atoms with van der Waals surface area (Å²) in [7, 11) is 0. The zero-order valence-electron chi connectivity index (χ0n) is 17.0. The second kappa shape index (κ2) is 10.1. The Morgan fingerprint density at radius 1 is 1.16 bits per heavy atom. The first-order chi connectivity index (χ1) is 15.6. The number of aromatic amines is 1. The number of aromatic nitrogens is 4. The normalized spacial score (nSPS) is 10.7. The van der Waals surface area contributed by atoms with Gasteiger partial charge in [0, 0.05) is 35.2 Å². The third-order valence-electron chi connectivity index (χ3n) is 4.84. The summed E-state index contributed by atoms with van der Waals surface area (Å²) >= 11 is 3.57. The predicted molar refractivity (Wildman–Crippen MR) is 125 cm³/mol. The van der Waals surface area contributed by atoms with Gasteiger partial charge in [0.05, 0.1) is 24.1 Å². The molecule has 3 aromatic heterocycles. The van der Waals surface area contributed by atoms with Crippen molar-refractivity contribution >= 4 is 33.8 Å². The molecule has 1 amide bonds. The summed E-state index contributed by atoms with van der Waals surface area (Å²) in [4.78, 5) is 22.5. The molecular weight excluding hydrogens is 475 g/mol. The molecule has 32 heavy (non-hydrogen) atoms. The average molecular weight is 495 g/mol. The van der Waals surface area contributed by atoms with Crippen molar-refractivity contribution in [3.63, 3.8) is 0 Å². The van der Waals surface area contributed by atoms with Crippen molar-refractivity contribution < 1.29 is 9.18 Å². The Bertz CT molecular complexity index is 1190. The van der Waals surface area contributed by atoms with Crippen LogP contribution in [0.4, 0.5) is 15.9 Å². The van der Waals surface area contributed by atoms with Gasteiger partial charge in [0.1, 0.15) is 5.82 Å². The van der Waals surface area contributed by atoms with Crippen molar-refractivity contribution in [1.82, 2.24) is 20.2 Å². The van der Waals surface area contributed by atoms with Crippen LogP contribution in [-0.2, 0) is 17.8 Å². The molecule has 0 radical (unpaired) electrons. The molecule has 3 heterocycles. The quantitative estimate of drug-likeness (QED) is 0.332. The first-order valence-corrected chi connectivity index (χ1v) is 10.7. The SMILES string of the molecule is O=CN(Cc1cccnc1)c1cc(Br)c(-c2cn[nH]c2)nc1NCCc1cccc(F)c1. The molecule has 0 unspecified atom stereocenters. The maximum Gasteiger partial charge on any atom is 0.214 e. The molecule has 0 saturated carbocycles. The van der Waals surface area contributed by atoms with Gasteiger partial charge in [0.2, 0.25) is 6.41 Å². The lowest BCUT2D eigenvalue weighted by molar-refractivity contribution is -0.107. The minimum atomic E-state index is -0.268. The monoisotopic (exact) mass is 494 g/mol. The molecule has 0 bridgehead atoms. The Balaban J connectivity index is 1.64. The number of carbonyl (C=O) groups excluding carboxylic acids is 1. The van der Waals surface area contributed by atoms with Gasteiger partial charge in [-0.05, 0) is 57.7 Å². The fourth-order valence-corrected chi connectivity index (χ4v) is 3.83. The van der Waals surface area contributed by atoms with E-state index in [-0.39, 0.29) is 5.82 Å². The fourth-order valence-electron chi connectivity index (χ4n) is 3.30. The lowest BCUT2D eigenvalue weighted by atomic mass is 10.1. The molecule has 4 aromatic rings. The number of nitrogens with one attached hydrogen (secondary N) is 2. The van der Waals surface area contributed by atoms with E-state index in [2.05, 4.69) is 36.4 Å². The molecule has 0 saturated heterocycles. The van der Waals surface area contributed by atoms with Gasteiger partial charge < -0.3 is 10.2 Å². The lowest BCUT2D eigenvalue weighted by Gasteiger charge is -2.22. The molecule has 0 aliphatic heterocycles. The highest BCUT2D eigenvalue weighted by Crippen LogP contribution is 2.34. The molecule has 0 spiro atoms. The zero-order valence-corrected chi connectivity index (χ0v) is 18.6. The number of amides is 1. The van der Waals surface area contributed by atoms with Crippen molar-refractivity contribution in [3.05, 3.63) is 88.7 Å². The highest BCUT2D eigenvalue weighted by Gasteiger charge is 2.18. The third-order valence-corrected chi connectivity index (χ3v) is 5.44. The van der Waals surface area contributed by atoms with Gasteiger partial charge in [0.25, 0.3) is 0 Å². The standard InChI is InChI=1S/C23H20BrFN6O/c24-20-10-21(31(15-32)14-17-4-2-7-26-11-17)23(30-22(20)18-12-28-29-13-18)27-8-6-16-3-1-5-19(25)9-16/h1-5,7,9-13,15H,6,8,14H2,(H,27,30)(H,28,29). The number of carbonyl (C=O) groups is 1. The minimum Gasteiger partial charge on any atom is -0.368 e. The van der Waals surface area contributed by atoms with E-state index in [1.54, 1.807) is 35.8 Å². The number of pyridine rings is 2. The van der Waals surface area contributed by atoms with Gasteiger partial charge >= 0.3 is 0 Å². The molecule has 9 heteroatoms. The van der Waals surface area contributed by atoms with Crippen molar-refractivity contribution in [2.24, 2.45) is 0 Å². The molecule has 0 fully saturated rings. The fraction of sp³-hybridized carbons (Fsp3) is 0.130. The topological polar surface area (TPSA) is 86.8 Å². The minimum absolute atomic E-state index is 0.268. The molecule has 162 valence electrons. The Labute approximate surface area is 192 Å². The van der Waals surface area contributed by atoms with E-state index in [0.717, 1.165) is 27.6 Å². The number of halogens is 2. The summed E-state index contributed by atoms with van der Waals surface area (Å²) in [5, 5.41) is 10.1. The maximum atomic E-state index is 13.5. The largest absolute Gasteiger partial charge is 0.368 e. The summed E-state index contributed by atoms with van der Waals surface area (Å²) in [6.07, 6.45) is 8.19. The average Bonchev–Trinajstić information content (AvgIpc) is 3.34. The molecular formula is C23H20BrFN6O. The second-order valence-corrected chi connectivity index (χ2v) is 7.93. The molecule has 0 aliphatic rings. The Morgan fingerprint density at radius 2 is 2.03 bits per heavy atom.